The van der Waals surface area contributed by atoms with Gasteiger partial charge in [0.2, 0.25) is 17.7 Å². The number of aliphatic hydroxyl groups is 1. The number of nitrogens with zero attached hydrogens (tertiary/aromatic N) is 2. The van der Waals surface area contributed by atoms with E-state index in [1.165, 1.54) is 0 Å². The van der Waals surface area contributed by atoms with Gasteiger partial charge in [-0.25, -0.2) is 0 Å². The van der Waals surface area contributed by atoms with E-state index in [1.807, 2.05) is 43.3 Å². The first-order valence-corrected chi connectivity index (χ1v) is 16.5. The highest BCUT2D eigenvalue weighted by molar-refractivity contribution is 8.02. The van der Waals surface area contributed by atoms with Crippen LogP contribution in [-0.2, 0) is 14.4 Å². The van der Waals surface area contributed by atoms with E-state index in [0.717, 1.165) is 30.9 Å². The van der Waals surface area contributed by atoms with Gasteiger partial charge in [0.05, 0.1) is 23.2 Å². The summed E-state index contributed by atoms with van der Waals surface area (Å²) >= 11 is 1.66. The van der Waals surface area contributed by atoms with Crippen LogP contribution in [0.5, 0.6) is 5.75 Å². The van der Waals surface area contributed by atoms with Crippen LogP contribution in [0.25, 0.3) is 0 Å². The molecule has 2 bridgehead atoms. The Morgan fingerprint density at radius 2 is 1.63 bits per heavy atom. The fraction of sp³-hybridized carbons (Fsp3) is 0.545. The van der Waals surface area contributed by atoms with E-state index in [4.69, 9.17) is 4.74 Å². The second-order valence-electron chi connectivity index (χ2n) is 11.7. The molecule has 3 amide bonds. The summed E-state index contributed by atoms with van der Waals surface area (Å²) in [5.41, 5.74) is 2.41. The molecule has 2 aromatic rings. The van der Waals surface area contributed by atoms with E-state index >= 15 is 0 Å². The van der Waals surface area contributed by atoms with Gasteiger partial charge < -0.3 is 30.3 Å². The minimum Gasteiger partial charge on any atom is -0.494 e. The van der Waals surface area contributed by atoms with Gasteiger partial charge in [-0.2, -0.15) is 0 Å². The number of carbonyl (C=O) groups excluding carboxylic acids is 3. The van der Waals surface area contributed by atoms with Crippen LogP contribution < -0.4 is 20.3 Å². The number of ether oxygens (including phenoxy) is 1. The Kier molecular flexibility index (Phi) is 9.56. The molecule has 3 aliphatic heterocycles. The van der Waals surface area contributed by atoms with Crippen molar-refractivity contribution in [2.45, 2.75) is 63.0 Å². The SMILES string of the molecule is CCOc1ccc(NC(=O)[C@@H]2[C@@H]3CC(C)C4(S3)C(C(=O)Nc3ccc(N(CC)CC)cc3)N(CCCCO)C(=O)[C@H]24)cc1. The van der Waals surface area contributed by atoms with E-state index in [-0.39, 0.29) is 35.5 Å². The number of hydrogen-bond acceptors (Lipinski definition) is 7. The number of anilines is 3. The topological polar surface area (TPSA) is 111 Å². The maximum absolute atomic E-state index is 14.2. The number of thioether (sulfide) groups is 1. The lowest BCUT2D eigenvalue weighted by Crippen LogP contribution is -2.54. The quantitative estimate of drug-likeness (QED) is 0.285. The van der Waals surface area contributed by atoms with Crippen LogP contribution in [0.3, 0.4) is 0 Å². The minimum atomic E-state index is -0.709. The molecule has 2 aromatic carbocycles. The van der Waals surface area contributed by atoms with Crippen LogP contribution in [0.4, 0.5) is 17.1 Å². The molecular weight excluding hydrogens is 564 g/mol. The molecule has 6 atom stereocenters. The van der Waals surface area contributed by atoms with E-state index < -0.39 is 22.6 Å². The summed E-state index contributed by atoms with van der Waals surface area (Å²) in [5, 5.41) is 15.5. The average Bonchev–Trinajstić information content (AvgIpc) is 3.59. The predicted molar refractivity (Wildman–Crippen MR) is 172 cm³/mol. The Labute approximate surface area is 258 Å². The van der Waals surface area contributed by atoms with Crippen molar-refractivity contribution in [2.75, 3.05) is 48.4 Å². The van der Waals surface area contributed by atoms with Gasteiger partial charge in [-0.15, -0.1) is 11.8 Å². The Bertz CT molecular complexity index is 1300. The predicted octanol–water partition coefficient (Wildman–Crippen LogP) is 4.62. The first-order valence-electron chi connectivity index (χ1n) is 15.6. The number of likely N-dealkylation sites (tertiary alicyclic amines) is 1. The molecule has 9 nitrogen and oxygen atoms in total. The third kappa shape index (κ3) is 5.71. The number of nitrogens with one attached hydrogen (secondary N) is 2. The summed E-state index contributed by atoms with van der Waals surface area (Å²) in [6.07, 6.45) is 1.89. The summed E-state index contributed by atoms with van der Waals surface area (Å²) in [4.78, 5) is 46.1. The normalized spacial score (nSPS) is 27.2. The molecule has 43 heavy (non-hydrogen) atoms. The fourth-order valence-corrected chi connectivity index (χ4v) is 9.76. The number of unbranched alkanes of at least 4 members (excludes halogenated alkanes) is 1. The maximum atomic E-state index is 14.2. The molecule has 0 saturated carbocycles. The lowest BCUT2D eigenvalue weighted by Gasteiger charge is -2.38. The molecule has 3 unspecified atom stereocenters. The van der Waals surface area contributed by atoms with E-state index in [9.17, 15) is 19.5 Å². The minimum absolute atomic E-state index is 0.0205. The van der Waals surface area contributed by atoms with Crippen molar-refractivity contribution in [3.05, 3.63) is 48.5 Å². The number of fused-ring (bicyclic) bond motifs is 1. The molecule has 5 rings (SSSR count). The molecule has 3 fully saturated rings. The highest BCUT2D eigenvalue weighted by atomic mass is 32.2. The summed E-state index contributed by atoms with van der Waals surface area (Å²) in [7, 11) is 0. The molecule has 3 heterocycles. The molecule has 3 aliphatic rings. The monoisotopic (exact) mass is 608 g/mol. The number of benzene rings is 2. The molecule has 3 saturated heterocycles. The van der Waals surface area contributed by atoms with Crippen molar-refractivity contribution in [3.63, 3.8) is 0 Å². The van der Waals surface area contributed by atoms with Crippen molar-refractivity contribution in [2.24, 2.45) is 17.8 Å². The molecule has 0 aromatic heterocycles. The zero-order valence-electron chi connectivity index (χ0n) is 25.5. The molecule has 232 valence electrons. The van der Waals surface area contributed by atoms with Crippen molar-refractivity contribution >= 4 is 46.5 Å². The van der Waals surface area contributed by atoms with E-state index in [1.54, 1.807) is 28.8 Å². The van der Waals surface area contributed by atoms with Gasteiger partial charge >= 0.3 is 0 Å². The zero-order valence-corrected chi connectivity index (χ0v) is 26.4. The Balaban J connectivity index is 1.41. The standard InChI is InChI=1S/C33H44N4O5S/c1-5-36(6-2)24-14-10-22(11-15-24)35-31(40)29-33-21(4)20-26(43-33)27(28(33)32(41)37(29)18-8-9-19-38)30(39)34-23-12-16-25(17-13-23)42-7-3/h10-17,21,26-29,38H,5-9,18-20H2,1-4H3,(H,34,39)(H,35,40)/t21?,26-,27+,28-,29?,33?/m0/s1. The second-order valence-corrected chi connectivity index (χ2v) is 13.2. The van der Waals surface area contributed by atoms with Crippen molar-refractivity contribution in [1.82, 2.24) is 4.90 Å². The average molecular weight is 609 g/mol. The van der Waals surface area contributed by atoms with Crippen molar-refractivity contribution in [3.8, 4) is 5.75 Å². The first-order chi connectivity index (χ1) is 20.8. The van der Waals surface area contributed by atoms with Gasteiger partial charge in [0.25, 0.3) is 0 Å². The Morgan fingerprint density at radius 3 is 2.23 bits per heavy atom. The number of carbonyl (C=O) groups is 3. The van der Waals surface area contributed by atoms with Gasteiger partial charge in [0, 0.05) is 48.6 Å². The van der Waals surface area contributed by atoms with Gasteiger partial charge in [-0.05, 0) is 94.5 Å². The van der Waals surface area contributed by atoms with E-state index in [2.05, 4.69) is 36.3 Å². The Hall–Kier alpha value is -3.24. The second kappa shape index (κ2) is 13.2. The lowest BCUT2D eigenvalue weighted by atomic mass is 9.66. The van der Waals surface area contributed by atoms with Crippen LogP contribution in [0.1, 0.15) is 47.0 Å². The smallest absolute Gasteiger partial charge is 0.248 e. The lowest BCUT2D eigenvalue weighted by molar-refractivity contribution is -0.138. The number of hydrogen-bond donors (Lipinski definition) is 3. The maximum Gasteiger partial charge on any atom is 0.248 e. The summed E-state index contributed by atoms with van der Waals surface area (Å²) in [5.74, 6) is -0.862. The largest absolute Gasteiger partial charge is 0.494 e. The molecule has 1 spiro atoms. The zero-order chi connectivity index (χ0) is 30.7. The van der Waals surface area contributed by atoms with Crippen LogP contribution in [-0.4, -0.2) is 76.6 Å². The molecule has 3 N–H and O–H groups in total. The Morgan fingerprint density at radius 1 is 1.00 bits per heavy atom. The third-order valence-electron chi connectivity index (χ3n) is 9.30. The summed E-state index contributed by atoms with van der Waals surface area (Å²) in [6, 6.07) is 14.4. The van der Waals surface area contributed by atoms with Gasteiger partial charge in [0.15, 0.2) is 0 Å². The third-order valence-corrected chi connectivity index (χ3v) is 11.4. The molecular formula is C33H44N4O5S. The van der Waals surface area contributed by atoms with Gasteiger partial charge in [-0.1, -0.05) is 6.92 Å². The van der Waals surface area contributed by atoms with E-state index in [0.29, 0.717) is 37.4 Å². The van der Waals surface area contributed by atoms with Gasteiger partial charge in [-0.3, -0.25) is 14.4 Å². The van der Waals surface area contributed by atoms with Crippen LogP contribution in [0.2, 0.25) is 0 Å². The molecule has 0 radical (unpaired) electrons. The first kappa shape index (κ1) is 31.2. The van der Waals surface area contributed by atoms with Crippen molar-refractivity contribution < 1.29 is 24.2 Å². The summed E-state index contributed by atoms with van der Waals surface area (Å²) < 4.78 is 4.82. The number of amides is 3. The van der Waals surface area contributed by atoms with Crippen LogP contribution in [0.15, 0.2) is 48.5 Å². The molecule has 0 aliphatic carbocycles. The fourth-order valence-electron chi connectivity index (χ4n) is 7.34. The summed E-state index contributed by atoms with van der Waals surface area (Å²) in [6.45, 7) is 11.0. The van der Waals surface area contributed by atoms with Crippen LogP contribution >= 0.6 is 11.8 Å². The number of rotatable bonds is 13. The number of aliphatic hydroxyl groups excluding tert-OH is 1. The highest BCUT2D eigenvalue weighted by Gasteiger charge is 2.75. The van der Waals surface area contributed by atoms with Gasteiger partial charge in [0.1, 0.15) is 11.8 Å². The van der Waals surface area contributed by atoms with Crippen molar-refractivity contribution in [1.29, 1.82) is 0 Å². The molecule has 10 heteroatoms. The van der Waals surface area contributed by atoms with Crippen LogP contribution in [0, 0.1) is 17.8 Å². The highest BCUT2D eigenvalue weighted by Crippen LogP contribution is 2.68.